The van der Waals surface area contributed by atoms with Gasteiger partial charge in [0, 0.05) is 6.04 Å². The molecule has 2 rings (SSSR count). The summed E-state index contributed by atoms with van der Waals surface area (Å²) < 4.78 is 5.21. The number of nitrogens with two attached hydrogens (primary N) is 1. The monoisotopic (exact) mass is 229 g/mol. The highest BCUT2D eigenvalue weighted by Crippen LogP contribution is 2.22. The molecule has 0 radical (unpaired) electrons. The molecule has 0 amide bonds. The molecule has 0 heterocycles. The van der Waals surface area contributed by atoms with Crippen LogP contribution in [0, 0.1) is 0 Å². The Bertz CT molecular complexity index is 505. The lowest BCUT2D eigenvalue weighted by Gasteiger charge is -2.07. The third-order valence-corrected chi connectivity index (χ3v) is 3.00. The SMILES string of the molecule is COc1ccc2cc(CC[C@H](C)N)ccc2c1. The summed E-state index contributed by atoms with van der Waals surface area (Å²) in [6.45, 7) is 2.05. The van der Waals surface area contributed by atoms with E-state index in [0.717, 1.165) is 18.6 Å². The molecule has 90 valence electrons. The highest BCUT2D eigenvalue weighted by Gasteiger charge is 2.00. The Morgan fingerprint density at radius 3 is 2.53 bits per heavy atom. The van der Waals surface area contributed by atoms with E-state index in [2.05, 4.69) is 30.3 Å². The van der Waals surface area contributed by atoms with Crippen molar-refractivity contribution in [1.82, 2.24) is 0 Å². The van der Waals surface area contributed by atoms with Gasteiger partial charge in [-0.2, -0.15) is 0 Å². The third kappa shape index (κ3) is 2.98. The first-order valence-electron chi connectivity index (χ1n) is 6.01. The van der Waals surface area contributed by atoms with Gasteiger partial charge in [-0.1, -0.05) is 24.3 Å². The van der Waals surface area contributed by atoms with E-state index in [4.69, 9.17) is 10.5 Å². The number of hydrogen-bond acceptors (Lipinski definition) is 2. The van der Waals surface area contributed by atoms with Gasteiger partial charge in [0.05, 0.1) is 7.11 Å². The molecular formula is C15H19NO. The van der Waals surface area contributed by atoms with Crippen LogP contribution < -0.4 is 10.5 Å². The van der Waals surface area contributed by atoms with E-state index in [0.29, 0.717) is 0 Å². The smallest absolute Gasteiger partial charge is 0.119 e. The Labute approximate surface area is 102 Å². The van der Waals surface area contributed by atoms with Gasteiger partial charge in [0.25, 0.3) is 0 Å². The fourth-order valence-electron chi connectivity index (χ4n) is 1.95. The van der Waals surface area contributed by atoms with Crippen LogP contribution >= 0.6 is 0 Å². The number of benzene rings is 2. The van der Waals surface area contributed by atoms with Crippen LogP contribution in [0.2, 0.25) is 0 Å². The van der Waals surface area contributed by atoms with E-state index in [1.165, 1.54) is 16.3 Å². The fraction of sp³-hybridized carbons (Fsp3) is 0.333. The average molecular weight is 229 g/mol. The van der Waals surface area contributed by atoms with Crippen LogP contribution in [-0.4, -0.2) is 13.2 Å². The lowest BCUT2D eigenvalue weighted by molar-refractivity contribution is 0.415. The topological polar surface area (TPSA) is 35.2 Å². The molecule has 1 atom stereocenters. The maximum Gasteiger partial charge on any atom is 0.119 e. The van der Waals surface area contributed by atoms with Gasteiger partial charge in [-0.25, -0.2) is 0 Å². The normalized spacial score (nSPS) is 12.6. The van der Waals surface area contributed by atoms with Crippen molar-refractivity contribution in [3.05, 3.63) is 42.0 Å². The molecule has 0 saturated carbocycles. The van der Waals surface area contributed by atoms with E-state index in [-0.39, 0.29) is 6.04 Å². The summed E-state index contributed by atoms with van der Waals surface area (Å²) in [5.41, 5.74) is 7.12. The van der Waals surface area contributed by atoms with E-state index in [1.54, 1.807) is 7.11 Å². The van der Waals surface area contributed by atoms with Gasteiger partial charge in [-0.05, 0) is 48.2 Å². The van der Waals surface area contributed by atoms with Crippen molar-refractivity contribution in [1.29, 1.82) is 0 Å². The summed E-state index contributed by atoms with van der Waals surface area (Å²) in [5.74, 6) is 0.904. The number of fused-ring (bicyclic) bond motifs is 1. The van der Waals surface area contributed by atoms with Crippen molar-refractivity contribution in [2.24, 2.45) is 5.73 Å². The molecule has 0 aromatic heterocycles. The van der Waals surface area contributed by atoms with Crippen molar-refractivity contribution in [2.45, 2.75) is 25.8 Å². The Hall–Kier alpha value is -1.54. The Balaban J connectivity index is 2.25. The zero-order chi connectivity index (χ0) is 12.3. The average Bonchev–Trinajstić information content (AvgIpc) is 2.35. The molecule has 0 aliphatic heterocycles. The lowest BCUT2D eigenvalue weighted by atomic mass is 10.0. The van der Waals surface area contributed by atoms with Gasteiger partial charge in [-0.15, -0.1) is 0 Å². The zero-order valence-corrected chi connectivity index (χ0v) is 10.4. The quantitative estimate of drug-likeness (QED) is 0.874. The van der Waals surface area contributed by atoms with E-state index >= 15 is 0 Å². The molecule has 17 heavy (non-hydrogen) atoms. The lowest BCUT2D eigenvalue weighted by Crippen LogP contribution is -2.15. The molecule has 0 bridgehead atoms. The second-order valence-corrected chi connectivity index (χ2v) is 4.56. The molecule has 0 aliphatic carbocycles. The zero-order valence-electron chi connectivity index (χ0n) is 10.4. The van der Waals surface area contributed by atoms with Crippen LogP contribution in [0.1, 0.15) is 18.9 Å². The minimum Gasteiger partial charge on any atom is -0.497 e. The van der Waals surface area contributed by atoms with E-state index < -0.39 is 0 Å². The number of rotatable bonds is 4. The molecule has 2 aromatic rings. The van der Waals surface area contributed by atoms with Crippen molar-refractivity contribution >= 4 is 10.8 Å². The molecule has 0 aliphatic rings. The molecule has 0 unspecified atom stereocenters. The third-order valence-electron chi connectivity index (χ3n) is 3.00. The summed E-state index contributed by atoms with van der Waals surface area (Å²) in [6, 6.07) is 13.0. The Kier molecular flexibility index (Phi) is 3.64. The predicted octanol–water partition coefficient (Wildman–Crippen LogP) is 3.13. The standard InChI is InChI=1S/C15H19NO/c1-11(16)3-4-12-5-6-14-10-15(17-2)8-7-13(14)9-12/h5-11H,3-4,16H2,1-2H3/t11-/m0/s1. The molecule has 2 aromatic carbocycles. The maximum atomic E-state index is 5.77. The first-order chi connectivity index (χ1) is 8.19. The van der Waals surface area contributed by atoms with Crippen LogP contribution in [0.5, 0.6) is 5.75 Å². The highest BCUT2D eigenvalue weighted by molar-refractivity contribution is 5.84. The minimum atomic E-state index is 0.265. The van der Waals surface area contributed by atoms with Crippen LogP contribution in [0.15, 0.2) is 36.4 Å². The van der Waals surface area contributed by atoms with Crippen LogP contribution in [0.4, 0.5) is 0 Å². The molecular weight excluding hydrogens is 210 g/mol. The van der Waals surface area contributed by atoms with Crippen molar-refractivity contribution in [3.63, 3.8) is 0 Å². The van der Waals surface area contributed by atoms with E-state index in [1.807, 2.05) is 13.0 Å². The summed E-state index contributed by atoms with van der Waals surface area (Å²) in [5, 5.41) is 2.47. The molecule has 2 nitrogen and oxygen atoms in total. The van der Waals surface area contributed by atoms with Crippen molar-refractivity contribution < 1.29 is 4.74 Å². The number of aryl methyl sites for hydroxylation is 1. The first kappa shape index (κ1) is 11.9. The van der Waals surface area contributed by atoms with Gasteiger partial charge >= 0.3 is 0 Å². The molecule has 0 fully saturated rings. The summed E-state index contributed by atoms with van der Waals surface area (Å²) >= 11 is 0. The van der Waals surface area contributed by atoms with Crippen molar-refractivity contribution in [2.75, 3.05) is 7.11 Å². The van der Waals surface area contributed by atoms with Gasteiger partial charge in [0.2, 0.25) is 0 Å². The number of hydrogen-bond donors (Lipinski definition) is 1. The van der Waals surface area contributed by atoms with Crippen LogP contribution in [0.25, 0.3) is 10.8 Å². The van der Waals surface area contributed by atoms with Crippen LogP contribution in [0.3, 0.4) is 0 Å². The maximum absolute atomic E-state index is 5.77. The molecule has 2 N–H and O–H groups in total. The fourth-order valence-corrected chi connectivity index (χ4v) is 1.95. The second kappa shape index (κ2) is 5.19. The van der Waals surface area contributed by atoms with Crippen LogP contribution in [-0.2, 0) is 6.42 Å². The van der Waals surface area contributed by atoms with Gasteiger partial charge in [0.15, 0.2) is 0 Å². The molecule has 0 saturated heterocycles. The predicted molar refractivity (Wildman–Crippen MR) is 72.5 cm³/mol. The number of ether oxygens (including phenoxy) is 1. The Morgan fingerprint density at radius 2 is 1.82 bits per heavy atom. The van der Waals surface area contributed by atoms with Gasteiger partial charge in [-0.3, -0.25) is 0 Å². The summed E-state index contributed by atoms with van der Waals surface area (Å²) in [4.78, 5) is 0. The second-order valence-electron chi connectivity index (χ2n) is 4.56. The first-order valence-corrected chi connectivity index (χ1v) is 6.01. The van der Waals surface area contributed by atoms with Gasteiger partial charge in [0.1, 0.15) is 5.75 Å². The minimum absolute atomic E-state index is 0.265. The summed E-state index contributed by atoms with van der Waals surface area (Å²) in [6.07, 6.45) is 2.07. The summed E-state index contributed by atoms with van der Waals surface area (Å²) in [7, 11) is 1.69. The Morgan fingerprint density at radius 1 is 1.12 bits per heavy atom. The molecule has 0 spiro atoms. The molecule has 2 heteroatoms. The highest BCUT2D eigenvalue weighted by atomic mass is 16.5. The number of methoxy groups -OCH3 is 1. The largest absolute Gasteiger partial charge is 0.497 e. The van der Waals surface area contributed by atoms with Crippen molar-refractivity contribution in [3.8, 4) is 5.75 Å². The van der Waals surface area contributed by atoms with E-state index in [9.17, 15) is 0 Å². The van der Waals surface area contributed by atoms with Gasteiger partial charge < -0.3 is 10.5 Å².